The highest BCUT2D eigenvalue weighted by Gasteiger charge is 2.30. The van der Waals surface area contributed by atoms with Crippen LogP contribution in [-0.2, 0) is 38.8 Å². The molecule has 1 heterocycles. The Balaban J connectivity index is 1.48. The highest BCUT2D eigenvalue weighted by atomic mass is 32.2. The fourth-order valence-corrected chi connectivity index (χ4v) is 5.44. The van der Waals surface area contributed by atoms with Crippen molar-refractivity contribution in [2.24, 2.45) is 0 Å². The van der Waals surface area contributed by atoms with Gasteiger partial charge in [0.1, 0.15) is 0 Å². The van der Waals surface area contributed by atoms with E-state index in [0.717, 1.165) is 18.4 Å². The summed E-state index contributed by atoms with van der Waals surface area (Å²) < 4.78 is 32.1. The molecule has 27 heavy (non-hydrogen) atoms. The molecule has 1 saturated heterocycles. The second-order valence-electron chi connectivity index (χ2n) is 7.73. The number of hydrogen-bond donors (Lipinski definition) is 1. The zero-order valence-electron chi connectivity index (χ0n) is 16.2. The molecule has 1 N–H and O–H groups in total. The SMILES string of the molecule is C[C@H]1CN(S(=O)(=O)CCNC(=O)Cc2ccc3c(c2)CCCC3)C[C@H](C)O1. The third kappa shape index (κ3) is 5.53. The lowest BCUT2D eigenvalue weighted by molar-refractivity contribution is -0.120. The lowest BCUT2D eigenvalue weighted by Gasteiger charge is -2.34. The topological polar surface area (TPSA) is 75.7 Å². The summed E-state index contributed by atoms with van der Waals surface area (Å²) in [6.45, 7) is 4.62. The number of carbonyl (C=O) groups excluding carboxylic acids is 1. The van der Waals surface area contributed by atoms with Gasteiger partial charge in [-0.25, -0.2) is 8.42 Å². The summed E-state index contributed by atoms with van der Waals surface area (Å²) in [4.78, 5) is 12.2. The summed E-state index contributed by atoms with van der Waals surface area (Å²) in [5.41, 5.74) is 3.74. The Morgan fingerprint density at radius 1 is 1.15 bits per heavy atom. The van der Waals surface area contributed by atoms with E-state index in [9.17, 15) is 13.2 Å². The molecule has 1 amide bonds. The molecule has 0 saturated carbocycles. The van der Waals surface area contributed by atoms with Crippen LogP contribution in [-0.4, -0.2) is 56.2 Å². The minimum atomic E-state index is -3.39. The smallest absolute Gasteiger partial charge is 0.224 e. The van der Waals surface area contributed by atoms with Crippen molar-refractivity contribution < 1.29 is 17.9 Å². The van der Waals surface area contributed by atoms with E-state index < -0.39 is 10.0 Å². The minimum absolute atomic E-state index is 0.0810. The average Bonchev–Trinajstić information content (AvgIpc) is 2.60. The molecule has 2 aliphatic rings. The summed E-state index contributed by atoms with van der Waals surface area (Å²) in [6, 6.07) is 6.26. The predicted octanol–water partition coefficient (Wildman–Crippen LogP) is 1.66. The van der Waals surface area contributed by atoms with Crippen LogP contribution in [0.15, 0.2) is 18.2 Å². The fourth-order valence-electron chi connectivity index (χ4n) is 3.95. The van der Waals surface area contributed by atoms with Gasteiger partial charge in [-0.2, -0.15) is 4.31 Å². The zero-order valence-corrected chi connectivity index (χ0v) is 17.1. The number of rotatable bonds is 6. The van der Waals surface area contributed by atoms with Gasteiger partial charge in [-0.05, 0) is 56.2 Å². The van der Waals surface area contributed by atoms with Crippen LogP contribution in [0.2, 0.25) is 0 Å². The number of nitrogens with zero attached hydrogens (tertiary/aromatic N) is 1. The van der Waals surface area contributed by atoms with Gasteiger partial charge in [-0.3, -0.25) is 4.79 Å². The van der Waals surface area contributed by atoms with Crippen molar-refractivity contribution in [2.75, 3.05) is 25.4 Å². The van der Waals surface area contributed by atoms with Crippen molar-refractivity contribution in [1.82, 2.24) is 9.62 Å². The molecule has 0 unspecified atom stereocenters. The molecule has 0 aromatic heterocycles. The van der Waals surface area contributed by atoms with Crippen LogP contribution in [0, 0.1) is 0 Å². The first-order valence-corrected chi connectivity index (χ1v) is 11.4. The van der Waals surface area contributed by atoms with Crippen molar-refractivity contribution in [1.29, 1.82) is 0 Å². The highest BCUT2D eigenvalue weighted by Crippen LogP contribution is 2.22. The molecular formula is C20H30N2O4S. The molecule has 150 valence electrons. The number of fused-ring (bicyclic) bond motifs is 1. The first-order chi connectivity index (χ1) is 12.8. The van der Waals surface area contributed by atoms with Crippen LogP contribution in [0.25, 0.3) is 0 Å². The Kier molecular flexibility index (Phi) is 6.55. The van der Waals surface area contributed by atoms with Crippen molar-refractivity contribution in [3.63, 3.8) is 0 Å². The standard InChI is InChI=1S/C20H30N2O4S/c1-15-13-22(14-16(2)26-15)27(24,25)10-9-21-20(23)12-17-7-8-18-5-3-4-6-19(18)11-17/h7-8,11,15-16H,3-6,9-10,12-14H2,1-2H3,(H,21,23)/t15-,16-/m0/s1. The molecular weight excluding hydrogens is 364 g/mol. The molecule has 0 spiro atoms. The average molecular weight is 395 g/mol. The Morgan fingerprint density at radius 2 is 1.81 bits per heavy atom. The lowest BCUT2D eigenvalue weighted by atomic mass is 9.90. The quantitative estimate of drug-likeness (QED) is 0.796. The summed E-state index contributed by atoms with van der Waals surface area (Å²) >= 11 is 0. The van der Waals surface area contributed by atoms with Gasteiger partial charge in [-0.1, -0.05) is 18.2 Å². The Labute approximate surface area is 162 Å². The molecule has 1 aromatic rings. The first kappa shape index (κ1) is 20.3. The number of nitrogens with one attached hydrogen (secondary N) is 1. The minimum Gasteiger partial charge on any atom is -0.373 e. The van der Waals surface area contributed by atoms with E-state index in [1.165, 1.54) is 28.3 Å². The van der Waals surface area contributed by atoms with Crippen LogP contribution in [0.1, 0.15) is 43.4 Å². The summed E-state index contributed by atoms with van der Waals surface area (Å²) in [5.74, 6) is -0.216. The van der Waals surface area contributed by atoms with E-state index >= 15 is 0 Å². The number of aryl methyl sites for hydroxylation is 2. The second-order valence-corrected chi connectivity index (χ2v) is 9.82. The maximum atomic E-state index is 12.5. The number of sulfonamides is 1. The van der Waals surface area contributed by atoms with E-state index in [1.54, 1.807) is 0 Å². The maximum absolute atomic E-state index is 12.5. The van der Waals surface area contributed by atoms with Gasteiger partial charge in [-0.15, -0.1) is 0 Å². The number of benzene rings is 1. The zero-order chi connectivity index (χ0) is 19.4. The highest BCUT2D eigenvalue weighted by molar-refractivity contribution is 7.89. The molecule has 0 radical (unpaired) electrons. The van der Waals surface area contributed by atoms with Gasteiger partial charge in [0.15, 0.2) is 0 Å². The van der Waals surface area contributed by atoms with E-state index in [4.69, 9.17) is 4.74 Å². The number of amides is 1. The van der Waals surface area contributed by atoms with Gasteiger partial charge < -0.3 is 10.1 Å². The van der Waals surface area contributed by atoms with Gasteiger partial charge in [0, 0.05) is 19.6 Å². The van der Waals surface area contributed by atoms with Crippen LogP contribution in [0.5, 0.6) is 0 Å². The molecule has 2 atom stereocenters. The molecule has 1 aliphatic carbocycles. The third-order valence-electron chi connectivity index (χ3n) is 5.24. The largest absolute Gasteiger partial charge is 0.373 e. The van der Waals surface area contributed by atoms with Crippen LogP contribution < -0.4 is 5.32 Å². The van der Waals surface area contributed by atoms with Crippen LogP contribution >= 0.6 is 0 Å². The summed E-state index contributed by atoms with van der Waals surface area (Å²) in [7, 11) is -3.39. The fraction of sp³-hybridized carbons (Fsp3) is 0.650. The predicted molar refractivity (Wildman–Crippen MR) is 105 cm³/mol. The molecule has 7 heteroatoms. The Hall–Kier alpha value is -1.44. The first-order valence-electron chi connectivity index (χ1n) is 9.84. The van der Waals surface area contributed by atoms with Crippen molar-refractivity contribution >= 4 is 15.9 Å². The van der Waals surface area contributed by atoms with E-state index in [-0.39, 0.29) is 30.4 Å². The van der Waals surface area contributed by atoms with Crippen LogP contribution in [0.4, 0.5) is 0 Å². The number of ether oxygens (including phenoxy) is 1. The molecule has 3 rings (SSSR count). The van der Waals surface area contributed by atoms with Crippen molar-refractivity contribution in [3.05, 3.63) is 34.9 Å². The lowest BCUT2D eigenvalue weighted by Crippen LogP contribution is -2.49. The van der Waals surface area contributed by atoms with E-state index in [2.05, 4.69) is 17.4 Å². The Morgan fingerprint density at radius 3 is 2.52 bits per heavy atom. The monoisotopic (exact) mass is 394 g/mol. The molecule has 0 bridgehead atoms. The molecule has 1 aromatic carbocycles. The normalized spacial score (nSPS) is 23.6. The molecule has 6 nitrogen and oxygen atoms in total. The summed E-state index contributed by atoms with van der Waals surface area (Å²) in [6.07, 6.45) is 4.72. The molecule has 1 aliphatic heterocycles. The summed E-state index contributed by atoms with van der Waals surface area (Å²) in [5, 5.41) is 2.75. The number of carbonyl (C=O) groups is 1. The number of morpholine rings is 1. The second kappa shape index (κ2) is 8.71. The van der Waals surface area contributed by atoms with Crippen molar-refractivity contribution in [3.8, 4) is 0 Å². The van der Waals surface area contributed by atoms with Gasteiger partial charge in [0.2, 0.25) is 15.9 Å². The maximum Gasteiger partial charge on any atom is 0.224 e. The van der Waals surface area contributed by atoms with Gasteiger partial charge >= 0.3 is 0 Å². The van der Waals surface area contributed by atoms with Gasteiger partial charge in [0.05, 0.1) is 24.4 Å². The molecule has 1 fully saturated rings. The van der Waals surface area contributed by atoms with E-state index in [1.807, 2.05) is 19.9 Å². The van der Waals surface area contributed by atoms with Crippen molar-refractivity contribution in [2.45, 2.75) is 58.2 Å². The van der Waals surface area contributed by atoms with E-state index in [0.29, 0.717) is 19.5 Å². The Bertz CT molecular complexity index is 768. The number of hydrogen-bond acceptors (Lipinski definition) is 4. The van der Waals surface area contributed by atoms with Crippen LogP contribution in [0.3, 0.4) is 0 Å². The van der Waals surface area contributed by atoms with Gasteiger partial charge in [0.25, 0.3) is 0 Å². The third-order valence-corrected chi connectivity index (χ3v) is 7.04.